The summed E-state index contributed by atoms with van der Waals surface area (Å²) in [5.41, 5.74) is 0. The van der Waals surface area contributed by atoms with E-state index in [9.17, 15) is 9.59 Å². The number of rotatable bonds is 17. The van der Waals surface area contributed by atoms with Crippen LogP contribution in [-0.4, -0.2) is 23.5 Å². The van der Waals surface area contributed by atoms with E-state index >= 15 is 0 Å². The van der Waals surface area contributed by atoms with Crippen molar-refractivity contribution in [3.05, 3.63) is 12.2 Å². The Labute approximate surface area is 148 Å². The molecule has 0 atom stereocenters. The van der Waals surface area contributed by atoms with Crippen LogP contribution in [0.2, 0.25) is 0 Å². The zero-order valence-electron chi connectivity index (χ0n) is 15.5. The molecule has 1 amide bonds. The van der Waals surface area contributed by atoms with Gasteiger partial charge in [-0.25, -0.2) is 0 Å². The van der Waals surface area contributed by atoms with E-state index in [2.05, 4.69) is 24.4 Å². The Hall–Kier alpha value is -1.32. The van der Waals surface area contributed by atoms with E-state index in [1.54, 1.807) is 0 Å². The molecule has 0 heterocycles. The smallest absolute Gasteiger partial charge is 0.303 e. The molecular weight excluding hydrogens is 302 g/mol. The standard InChI is InChI=1S/C20H37NO3/c1-2-3-4-15-18-21-19(22)16-13-11-9-7-5-6-8-10-12-14-17-20(23)24/h5,7H,2-4,6,8-18H2,1H3,(H,21,22)(H,23,24)/b7-5-. The second-order valence-electron chi connectivity index (χ2n) is 6.47. The lowest BCUT2D eigenvalue weighted by Gasteiger charge is -2.04. The molecule has 4 nitrogen and oxygen atoms in total. The van der Waals surface area contributed by atoms with Gasteiger partial charge in [-0.2, -0.15) is 0 Å². The van der Waals surface area contributed by atoms with Gasteiger partial charge in [-0.3, -0.25) is 9.59 Å². The average molecular weight is 340 g/mol. The summed E-state index contributed by atoms with van der Waals surface area (Å²) in [5.74, 6) is -0.503. The molecule has 0 spiro atoms. The molecule has 0 aromatic rings. The Balaban J connectivity index is 3.25. The first kappa shape index (κ1) is 22.7. The van der Waals surface area contributed by atoms with Gasteiger partial charge in [0, 0.05) is 19.4 Å². The van der Waals surface area contributed by atoms with E-state index in [0.717, 1.165) is 64.3 Å². The van der Waals surface area contributed by atoms with Gasteiger partial charge in [-0.15, -0.1) is 0 Å². The Morgan fingerprint density at radius 2 is 1.38 bits per heavy atom. The first-order valence-electron chi connectivity index (χ1n) is 9.80. The molecular formula is C20H37NO3. The van der Waals surface area contributed by atoms with Crippen LogP contribution in [0, 0.1) is 0 Å². The fraction of sp³-hybridized carbons (Fsp3) is 0.800. The van der Waals surface area contributed by atoms with Crippen molar-refractivity contribution in [1.29, 1.82) is 0 Å². The van der Waals surface area contributed by atoms with Crippen LogP contribution in [0.5, 0.6) is 0 Å². The minimum absolute atomic E-state index is 0.192. The summed E-state index contributed by atoms with van der Waals surface area (Å²) in [6.45, 7) is 3.01. The largest absolute Gasteiger partial charge is 0.481 e. The lowest BCUT2D eigenvalue weighted by atomic mass is 10.1. The van der Waals surface area contributed by atoms with Crippen LogP contribution in [0.1, 0.15) is 96.8 Å². The monoisotopic (exact) mass is 339 g/mol. The van der Waals surface area contributed by atoms with Gasteiger partial charge >= 0.3 is 5.97 Å². The van der Waals surface area contributed by atoms with E-state index in [1.807, 2.05) is 0 Å². The van der Waals surface area contributed by atoms with E-state index < -0.39 is 5.97 Å². The zero-order valence-corrected chi connectivity index (χ0v) is 15.5. The molecule has 24 heavy (non-hydrogen) atoms. The first-order chi connectivity index (χ1) is 11.7. The van der Waals surface area contributed by atoms with E-state index in [4.69, 9.17) is 5.11 Å². The Morgan fingerprint density at radius 1 is 0.792 bits per heavy atom. The summed E-state index contributed by atoms with van der Waals surface area (Å²) in [6, 6.07) is 0. The number of carboxylic acid groups (broad SMARTS) is 1. The van der Waals surface area contributed by atoms with Crippen LogP contribution in [0.15, 0.2) is 12.2 Å². The molecule has 4 heteroatoms. The van der Waals surface area contributed by atoms with Gasteiger partial charge in [-0.05, 0) is 44.9 Å². The maximum atomic E-state index is 11.6. The molecule has 0 rings (SSSR count). The van der Waals surface area contributed by atoms with Crippen molar-refractivity contribution >= 4 is 11.9 Å². The van der Waals surface area contributed by atoms with Crippen LogP contribution in [0.25, 0.3) is 0 Å². The SMILES string of the molecule is CCCCCCNC(=O)CCCC/C=C\CCCCCCC(=O)O. The zero-order chi connectivity index (χ0) is 17.9. The fourth-order valence-electron chi connectivity index (χ4n) is 2.54. The number of carbonyl (C=O) groups excluding carboxylic acids is 1. The molecule has 140 valence electrons. The molecule has 0 unspecified atom stereocenters. The van der Waals surface area contributed by atoms with Crippen molar-refractivity contribution in [2.24, 2.45) is 0 Å². The van der Waals surface area contributed by atoms with Gasteiger partial charge in [0.15, 0.2) is 0 Å². The normalized spacial score (nSPS) is 11.0. The minimum Gasteiger partial charge on any atom is -0.481 e. The fourth-order valence-corrected chi connectivity index (χ4v) is 2.54. The average Bonchev–Trinajstić information content (AvgIpc) is 2.55. The number of aliphatic carboxylic acids is 1. The van der Waals surface area contributed by atoms with Crippen molar-refractivity contribution in [3.8, 4) is 0 Å². The predicted octanol–water partition coefficient (Wildman–Crippen LogP) is 5.22. The van der Waals surface area contributed by atoms with Gasteiger partial charge in [0.25, 0.3) is 0 Å². The van der Waals surface area contributed by atoms with Crippen LogP contribution >= 0.6 is 0 Å². The van der Waals surface area contributed by atoms with Crippen molar-refractivity contribution in [2.45, 2.75) is 96.8 Å². The molecule has 0 radical (unpaired) electrons. The highest BCUT2D eigenvalue weighted by molar-refractivity contribution is 5.75. The second-order valence-corrected chi connectivity index (χ2v) is 6.47. The number of unbranched alkanes of at least 4 members (excludes halogenated alkanes) is 9. The molecule has 0 aromatic carbocycles. The van der Waals surface area contributed by atoms with Gasteiger partial charge in [-0.1, -0.05) is 51.2 Å². The van der Waals surface area contributed by atoms with Crippen LogP contribution in [-0.2, 0) is 9.59 Å². The summed E-state index contributed by atoms with van der Waals surface area (Å²) in [6.07, 6.45) is 18.3. The number of carbonyl (C=O) groups is 2. The highest BCUT2D eigenvalue weighted by Gasteiger charge is 1.99. The topological polar surface area (TPSA) is 66.4 Å². The summed E-state index contributed by atoms with van der Waals surface area (Å²) in [7, 11) is 0. The summed E-state index contributed by atoms with van der Waals surface area (Å²) >= 11 is 0. The van der Waals surface area contributed by atoms with Crippen molar-refractivity contribution < 1.29 is 14.7 Å². The number of hydrogen-bond acceptors (Lipinski definition) is 2. The third-order valence-electron chi connectivity index (χ3n) is 4.06. The lowest BCUT2D eigenvalue weighted by molar-refractivity contribution is -0.137. The first-order valence-corrected chi connectivity index (χ1v) is 9.80. The second kappa shape index (κ2) is 18.0. The van der Waals surface area contributed by atoms with E-state index in [-0.39, 0.29) is 5.91 Å². The van der Waals surface area contributed by atoms with Crippen LogP contribution in [0.4, 0.5) is 0 Å². The summed E-state index contributed by atoms with van der Waals surface area (Å²) in [4.78, 5) is 22.0. The van der Waals surface area contributed by atoms with E-state index in [1.165, 1.54) is 19.3 Å². The van der Waals surface area contributed by atoms with E-state index in [0.29, 0.717) is 12.8 Å². The van der Waals surface area contributed by atoms with Crippen LogP contribution in [0.3, 0.4) is 0 Å². The molecule has 0 aliphatic carbocycles. The number of hydrogen-bond donors (Lipinski definition) is 2. The third kappa shape index (κ3) is 18.7. The molecule has 0 aliphatic rings. The Bertz CT molecular complexity index is 340. The third-order valence-corrected chi connectivity index (χ3v) is 4.06. The molecule has 2 N–H and O–H groups in total. The van der Waals surface area contributed by atoms with Crippen LogP contribution < -0.4 is 5.32 Å². The van der Waals surface area contributed by atoms with Gasteiger partial charge in [0.2, 0.25) is 5.91 Å². The van der Waals surface area contributed by atoms with Crippen molar-refractivity contribution in [1.82, 2.24) is 5.32 Å². The molecule has 0 fully saturated rings. The molecule has 0 bridgehead atoms. The highest BCUT2D eigenvalue weighted by Crippen LogP contribution is 2.07. The lowest BCUT2D eigenvalue weighted by Crippen LogP contribution is -2.23. The quantitative estimate of drug-likeness (QED) is 0.282. The summed E-state index contributed by atoms with van der Waals surface area (Å²) in [5, 5.41) is 11.5. The minimum atomic E-state index is -0.694. The molecule has 0 saturated carbocycles. The van der Waals surface area contributed by atoms with Crippen molar-refractivity contribution in [2.75, 3.05) is 6.54 Å². The maximum absolute atomic E-state index is 11.6. The Morgan fingerprint density at radius 3 is 2.04 bits per heavy atom. The van der Waals surface area contributed by atoms with Gasteiger partial charge in [0.05, 0.1) is 0 Å². The van der Waals surface area contributed by atoms with Gasteiger partial charge < -0.3 is 10.4 Å². The molecule has 0 saturated heterocycles. The highest BCUT2D eigenvalue weighted by atomic mass is 16.4. The molecule has 0 aromatic heterocycles. The number of carboxylic acids is 1. The number of nitrogens with one attached hydrogen (secondary N) is 1. The van der Waals surface area contributed by atoms with Crippen molar-refractivity contribution in [3.63, 3.8) is 0 Å². The summed E-state index contributed by atoms with van der Waals surface area (Å²) < 4.78 is 0. The maximum Gasteiger partial charge on any atom is 0.303 e. The predicted molar refractivity (Wildman–Crippen MR) is 100 cm³/mol. The molecule has 0 aliphatic heterocycles. The number of amides is 1. The van der Waals surface area contributed by atoms with Gasteiger partial charge in [0.1, 0.15) is 0 Å². The number of allylic oxidation sites excluding steroid dienone is 2. The Kier molecular flexibility index (Phi) is 17.0.